The largest absolute Gasteiger partial charge is 0.313 e. The minimum atomic E-state index is -3.46. The summed E-state index contributed by atoms with van der Waals surface area (Å²) in [5, 5.41) is 0.697. The molecular weight excluding hydrogens is 329 g/mol. The van der Waals surface area contributed by atoms with Gasteiger partial charge in [0.15, 0.2) is 0 Å². The Bertz CT molecular complexity index is 840. The Morgan fingerprint density at radius 3 is 1.96 bits per heavy atom. The van der Waals surface area contributed by atoms with Crippen LogP contribution >= 0.6 is 7.14 Å². The molecule has 0 bridgehead atoms. The first kappa shape index (κ1) is 17.8. The number of anilines is 1. The molecule has 4 nitrogen and oxygen atoms in total. The van der Waals surface area contributed by atoms with Gasteiger partial charge in [0.1, 0.15) is 7.14 Å². The lowest BCUT2D eigenvalue weighted by Gasteiger charge is -2.33. The van der Waals surface area contributed by atoms with Gasteiger partial charge in [-0.25, -0.2) is 8.42 Å². The van der Waals surface area contributed by atoms with Crippen molar-refractivity contribution in [3.8, 4) is 0 Å². The van der Waals surface area contributed by atoms with Gasteiger partial charge in [-0.2, -0.15) is 0 Å². The Morgan fingerprint density at radius 1 is 0.913 bits per heavy atom. The second kappa shape index (κ2) is 6.14. The molecule has 1 N–H and O–H groups in total. The molecule has 2 aromatic carbocycles. The number of sulfonamides is 1. The van der Waals surface area contributed by atoms with Gasteiger partial charge in [0.25, 0.3) is 0 Å². The summed E-state index contributed by atoms with van der Waals surface area (Å²) in [6.07, 6.45) is 1.09. The summed E-state index contributed by atoms with van der Waals surface area (Å²) in [4.78, 5) is 0. The molecule has 0 aliphatic carbocycles. The van der Waals surface area contributed by atoms with Gasteiger partial charge in [-0.1, -0.05) is 63.2 Å². The van der Waals surface area contributed by atoms with Gasteiger partial charge in [-0.15, -0.1) is 0 Å². The number of nitrogens with one attached hydrogen (secondary N) is 1. The topological polar surface area (TPSA) is 63.2 Å². The van der Waals surface area contributed by atoms with Crippen LogP contribution in [0.4, 0.5) is 5.69 Å². The van der Waals surface area contributed by atoms with Gasteiger partial charge in [0, 0.05) is 15.8 Å². The molecule has 1 atom stereocenters. The van der Waals surface area contributed by atoms with Crippen LogP contribution in [0, 0.1) is 0 Å². The molecule has 0 unspecified atom stereocenters. The highest BCUT2D eigenvalue weighted by molar-refractivity contribution is 7.92. The van der Waals surface area contributed by atoms with Crippen molar-refractivity contribution in [2.75, 3.05) is 11.0 Å². The average Bonchev–Trinajstić information content (AvgIpc) is 2.45. The molecule has 0 saturated carbocycles. The molecule has 0 aliphatic heterocycles. The fraction of sp³-hybridized carbons (Fsp3) is 0.294. The summed E-state index contributed by atoms with van der Waals surface area (Å²) in [5.41, 5.74) is 0.372. The molecule has 6 heteroatoms. The monoisotopic (exact) mass is 351 g/mol. The maximum absolute atomic E-state index is 14.1. The second-order valence-corrected chi connectivity index (χ2v) is 11.8. The maximum Gasteiger partial charge on any atom is 0.229 e. The van der Waals surface area contributed by atoms with Crippen LogP contribution in [0.5, 0.6) is 0 Å². The molecule has 2 aromatic rings. The molecule has 0 aliphatic rings. The first-order valence-electron chi connectivity index (χ1n) is 7.29. The number of benzene rings is 2. The van der Waals surface area contributed by atoms with E-state index < -0.39 is 22.3 Å². The van der Waals surface area contributed by atoms with Crippen LogP contribution in [0.3, 0.4) is 0 Å². The van der Waals surface area contributed by atoms with Crippen molar-refractivity contribution < 1.29 is 13.0 Å². The van der Waals surface area contributed by atoms with E-state index in [-0.39, 0.29) is 0 Å². The van der Waals surface area contributed by atoms with Crippen molar-refractivity contribution >= 4 is 33.5 Å². The van der Waals surface area contributed by atoms with Crippen molar-refractivity contribution in [2.24, 2.45) is 0 Å². The Morgan fingerprint density at radius 2 is 1.43 bits per heavy atom. The zero-order valence-electron chi connectivity index (χ0n) is 13.8. The van der Waals surface area contributed by atoms with Crippen molar-refractivity contribution in [3.63, 3.8) is 0 Å². The van der Waals surface area contributed by atoms with E-state index in [1.807, 2.05) is 51.1 Å². The maximum atomic E-state index is 14.1. The van der Waals surface area contributed by atoms with Crippen LogP contribution in [0.1, 0.15) is 20.8 Å². The van der Waals surface area contributed by atoms with Gasteiger partial charge >= 0.3 is 0 Å². The van der Waals surface area contributed by atoms with Crippen molar-refractivity contribution in [2.45, 2.75) is 25.9 Å². The van der Waals surface area contributed by atoms with Gasteiger partial charge in [0.05, 0.1) is 11.9 Å². The van der Waals surface area contributed by atoms with Crippen LogP contribution in [-0.2, 0) is 14.6 Å². The van der Waals surface area contributed by atoms with E-state index in [0.29, 0.717) is 11.0 Å². The summed E-state index contributed by atoms with van der Waals surface area (Å²) in [6.45, 7) is 5.74. The van der Waals surface area contributed by atoms with Crippen LogP contribution in [0.15, 0.2) is 54.6 Å². The van der Waals surface area contributed by atoms with Crippen molar-refractivity contribution in [1.82, 2.24) is 0 Å². The Labute approximate surface area is 138 Å². The number of hydrogen-bond acceptors (Lipinski definition) is 3. The van der Waals surface area contributed by atoms with Gasteiger partial charge in [0.2, 0.25) is 10.0 Å². The third kappa shape index (κ3) is 3.67. The highest BCUT2D eigenvalue weighted by Crippen LogP contribution is 2.56. The highest BCUT2D eigenvalue weighted by Gasteiger charge is 2.41. The molecule has 2 rings (SSSR count). The molecular formula is C17H22NO3PS. The molecule has 0 amide bonds. The number of para-hydroxylation sites is 1. The predicted octanol–water partition coefficient (Wildman–Crippen LogP) is 3.17. The second-order valence-electron chi connectivity index (χ2n) is 6.51. The van der Waals surface area contributed by atoms with Crippen molar-refractivity contribution in [3.05, 3.63) is 54.6 Å². The minimum Gasteiger partial charge on any atom is -0.313 e. The molecule has 0 fully saturated rings. The molecule has 0 heterocycles. The third-order valence-electron chi connectivity index (χ3n) is 3.60. The van der Waals surface area contributed by atoms with Crippen LogP contribution in [-0.4, -0.2) is 19.8 Å². The van der Waals surface area contributed by atoms with Gasteiger partial charge in [-0.3, -0.25) is 4.72 Å². The quantitative estimate of drug-likeness (QED) is 0.861. The summed E-state index contributed by atoms with van der Waals surface area (Å²) in [7, 11) is -6.52. The normalized spacial score (nSPS) is 15.0. The van der Waals surface area contributed by atoms with E-state index in [1.165, 1.54) is 0 Å². The number of rotatable bonds is 4. The SMILES string of the molecule is CC(C)(C)[P@@](=O)(c1ccccc1)c1ccccc1NS(C)(=O)=O. The Hall–Kier alpha value is -1.58. The molecule has 0 radical (unpaired) electrons. The van der Waals surface area contributed by atoms with Crippen LogP contribution in [0.2, 0.25) is 0 Å². The van der Waals surface area contributed by atoms with Crippen molar-refractivity contribution in [1.29, 1.82) is 0 Å². The zero-order chi connectivity index (χ0) is 17.3. The molecule has 23 heavy (non-hydrogen) atoms. The molecule has 0 aromatic heterocycles. The molecule has 124 valence electrons. The lowest BCUT2D eigenvalue weighted by molar-refractivity contribution is 0.564. The van der Waals surface area contributed by atoms with E-state index in [2.05, 4.69) is 4.72 Å². The zero-order valence-corrected chi connectivity index (χ0v) is 15.5. The molecule has 0 spiro atoms. The van der Waals surface area contributed by atoms with Gasteiger partial charge < -0.3 is 4.57 Å². The highest BCUT2D eigenvalue weighted by atomic mass is 32.2. The summed E-state index contributed by atoms with van der Waals surface area (Å²) in [6, 6.07) is 16.1. The minimum absolute atomic E-state index is 0.372. The summed E-state index contributed by atoms with van der Waals surface area (Å²) in [5.74, 6) is 0. The lowest BCUT2D eigenvalue weighted by atomic mass is 10.2. The van der Waals surface area contributed by atoms with Gasteiger partial charge in [-0.05, 0) is 12.1 Å². The standard InChI is InChI=1S/C17H22NO3PS/c1-17(2,3)22(19,14-10-6-5-7-11-14)16-13-9-8-12-15(16)18-23(4,20)21/h5-13,18H,1-4H3/t22-/m1/s1. The summed E-state index contributed by atoms with van der Waals surface area (Å²) >= 11 is 0. The van der Waals surface area contributed by atoms with E-state index in [1.54, 1.807) is 24.3 Å². The lowest BCUT2D eigenvalue weighted by Crippen LogP contribution is -2.32. The third-order valence-corrected chi connectivity index (χ3v) is 8.18. The smallest absolute Gasteiger partial charge is 0.229 e. The van der Waals surface area contributed by atoms with E-state index in [0.717, 1.165) is 11.6 Å². The predicted molar refractivity (Wildman–Crippen MR) is 98.0 cm³/mol. The van der Waals surface area contributed by atoms with E-state index >= 15 is 0 Å². The van der Waals surface area contributed by atoms with Crippen LogP contribution in [0.25, 0.3) is 0 Å². The average molecular weight is 351 g/mol. The Balaban J connectivity index is 2.76. The fourth-order valence-corrected chi connectivity index (χ4v) is 6.35. The Kier molecular flexibility index (Phi) is 4.74. The first-order chi connectivity index (χ1) is 10.6. The first-order valence-corrected chi connectivity index (χ1v) is 10.9. The fourth-order valence-electron chi connectivity index (χ4n) is 2.56. The number of hydrogen-bond donors (Lipinski definition) is 1. The van der Waals surface area contributed by atoms with Crippen LogP contribution < -0.4 is 15.3 Å². The van der Waals surface area contributed by atoms with E-state index in [9.17, 15) is 13.0 Å². The molecule has 0 saturated heterocycles. The summed E-state index contributed by atoms with van der Waals surface area (Å²) < 4.78 is 39.9. The van der Waals surface area contributed by atoms with E-state index in [4.69, 9.17) is 0 Å².